The highest BCUT2D eigenvalue weighted by Crippen LogP contribution is 2.10. The van der Waals surface area contributed by atoms with Gasteiger partial charge in [-0.3, -0.25) is 9.78 Å². The van der Waals surface area contributed by atoms with Crippen LogP contribution in [0.5, 0.6) is 0 Å². The summed E-state index contributed by atoms with van der Waals surface area (Å²) in [7, 11) is 0. The Morgan fingerprint density at radius 3 is 3.00 bits per heavy atom. The summed E-state index contributed by atoms with van der Waals surface area (Å²) in [5.41, 5.74) is 1.07. The Bertz CT molecular complexity index is 423. The average Bonchev–Trinajstić information content (AvgIpc) is 2.57. The van der Waals surface area contributed by atoms with Crippen molar-refractivity contribution in [2.75, 3.05) is 45.0 Å². The van der Waals surface area contributed by atoms with Crippen molar-refractivity contribution in [3.8, 4) is 0 Å². The summed E-state index contributed by atoms with van der Waals surface area (Å²) in [5.74, 6) is 1.88. The number of nitrogens with zero attached hydrogens (tertiary/aromatic N) is 2. The first kappa shape index (κ1) is 17.2. The average molecular weight is 322 g/mol. The summed E-state index contributed by atoms with van der Waals surface area (Å²) in [6.07, 6.45) is 3.43. The number of carbonyl (C=O) groups excluding carboxylic acids is 1. The molecule has 1 saturated heterocycles. The number of piperazine rings is 1. The molecule has 22 heavy (non-hydrogen) atoms. The zero-order valence-electron chi connectivity index (χ0n) is 13.1. The van der Waals surface area contributed by atoms with Crippen molar-refractivity contribution in [2.45, 2.75) is 18.6 Å². The van der Waals surface area contributed by atoms with Gasteiger partial charge in [0.05, 0.1) is 5.69 Å². The van der Waals surface area contributed by atoms with E-state index < -0.39 is 0 Å². The van der Waals surface area contributed by atoms with E-state index in [1.807, 2.05) is 18.2 Å². The number of aromatic nitrogens is 1. The van der Waals surface area contributed by atoms with Gasteiger partial charge in [0, 0.05) is 56.8 Å². The molecule has 2 heterocycles. The molecule has 0 bridgehead atoms. The van der Waals surface area contributed by atoms with E-state index in [4.69, 9.17) is 0 Å². The molecule has 0 spiro atoms. The number of nitrogens with one attached hydrogen (secondary N) is 2. The van der Waals surface area contributed by atoms with E-state index in [9.17, 15) is 4.79 Å². The van der Waals surface area contributed by atoms with Crippen LogP contribution in [0.4, 0.5) is 0 Å². The molecule has 1 aromatic heterocycles. The van der Waals surface area contributed by atoms with Crippen LogP contribution in [0.2, 0.25) is 0 Å². The molecular formula is C16H26N4OS. The molecule has 0 aromatic carbocycles. The van der Waals surface area contributed by atoms with Crippen LogP contribution in [0.3, 0.4) is 0 Å². The number of hydrogen-bond donors (Lipinski definition) is 2. The van der Waals surface area contributed by atoms with Gasteiger partial charge < -0.3 is 15.5 Å². The topological polar surface area (TPSA) is 57.3 Å². The Balaban J connectivity index is 1.44. The summed E-state index contributed by atoms with van der Waals surface area (Å²) in [6.45, 7) is 6.28. The number of amides is 1. The fourth-order valence-corrected chi connectivity index (χ4v) is 3.23. The molecule has 1 aliphatic heterocycles. The van der Waals surface area contributed by atoms with E-state index >= 15 is 0 Å². The zero-order chi connectivity index (χ0) is 15.5. The molecule has 5 nitrogen and oxygen atoms in total. The highest BCUT2D eigenvalue weighted by molar-refractivity contribution is 7.98. The zero-order valence-corrected chi connectivity index (χ0v) is 13.9. The van der Waals surface area contributed by atoms with Crippen LogP contribution in [0, 0.1) is 0 Å². The van der Waals surface area contributed by atoms with E-state index in [1.165, 1.54) is 0 Å². The predicted molar refractivity (Wildman–Crippen MR) is 92.0 cm³/mol. The molecule has 0 atom stereocenters. The molecule has 1 aliphatic rings. The van der Waals surface area contributed by atoms with Crippen LogP contribution >= 0.6 is 11.8 Å². The molecule has 0 saturated carbocycles. The quantitative estimate of drug-likeness (QED) is 0.667. The minimum absolute atomic E-state index is 0.161. The molecule has 122 valence electrons. The molecule has 6 heteroatoms. The normalized spacial score (nSPS) is 15.6. The molecule has 0 aliphatic carbocycles. The molecular weight excluding hydrogens is 296 g/mol. The minimum atomic E-state index is 0.161. The molecule has 1 amide bonds. The number of rotatable bonds is 9. The number of carbonyl (C=O) groups is 1. The fraction of sp³-hybridized carbons (Fsp3) is 0.625. The summed E-state index contributed by atoms with van der Waals surface area (Å²) in [6, 6.07) is 5.93. The van der Waals surface area contributed by atoms with Crippen LogP contribution in [-0.2, 0) is 10.5 Å². The van der Waals surface area contributed by atoms with Crippen molar-refractivity contribution >= 4 is 17.7 Å². The van der Waals surface area contributed by atoms with Crippen molar-refractivity contribution in [1.82, 2.24) is 20.5 Å². The van der Waals surface area contributed by atoms with Crippen molar-refractivity contribution < 1.29 is 4.79 Å². The van der Waals surface area contributed by atoms with Gasteiger partial charge in [0.2, 0.25) is 5.91 Å². The molecule has 0 radical (unpaired) electrons. The molecule has 2 N–H and O–H groups in total. The van der Waals surface area contributed by atoms with Gasteiger partial charge in [-0.1, -0.05) is 6.07 Å². The maximum Gasteiger partial charge on any atom is 0.220 e. The first-order valence-corrected chi connectivity index (χ1v) is 9.17. The van der Waals surface area contributed by atoms with E-state index in [0.717, 1.165) is 62.9 Å². The second kappa shape index (κ2) is 10.6. The first-order valence-electron chi connectivity index (χ1n) is 8.02. The summed E-state index contributed by atoms with van der Waals surface area (Å²) in [5, 5.41) is 6.36. The van der Waals surface area contributed by atoms with Crippen LogP contribution in [0.25, 0.3) is 0 Å². The lowest BCUT2D eigenvalue weighted by Gasteiger charge is -2.27. The summed E-state index contributed by atoms with van der Waals surface area (Å²) >= 11 is 1.76. The Morgan fingerprint density at radius 2 is 2.23 bits per heavy atom. The van der Waals surface area contributed by atoms with E-state index in [0.29, 0.717) is 6.42 Å². The van der Waals surface area contributed by atoms with Crippen LogP contribution in [0.1, 0.15) is 18.5 Å². The van der Waals surface area contributed by atoms with Crippen LogP contribution in [-0.4, -0.2) is 60.8 Å². The number of hydrogen-bond acceptors (Lipinski definition) is 5. The Kier molecular flexibility index (Phi) is 8.30. The van der Waals surface area contributed by atoms with Gasteiger partial charge >= 0.3 is 0 Å². The van der Waals surface area contributed by atoms with Gasteiger partial charge in [0.1, 0.15) is 0 Å². The maximum absolute atomic E-state index is 11.7. The predicted octanol–water partition coefficient (Wildman–Crippen LogP) is 1.12. The van der Waals surface area contributed by atoms with Crippen LogP contribution in [0.15, 0.2) is 24.4 Å². The molecule has 1 fully saturated rings. The lowest BCUT2D eigenvalue weighted by atomic mass is 10.3. The summed E-state index contributed by atoms with van der Waals surface area (Å²) < 4.78 is 0. The Hall–Kier alpha value is -1.11. The lowest BCUT2D eigenvalue weighted by Crippen LogP contribution is -2.44. The molecule has 2 rings (SSSR count). The second-order valence-corrected chi connectivity index (χ2v) is 6.52. The highest BCUT2D eigenvalue weighted by atomic mass is 32.2. The van der Waals surface area contributed by atoms with Gasteiger partial charge in [-0.05, 0) is 25.1 Å². The SMILES string of the molecule is O=C(CCSCc1ccccn1)NCCCN1CCNCC1. The third kappa shape index (κ3) is 7.24. The summed E-state index contributed by atoms with van der Waals surface area (Å²) in [4.78, 5) is 18.5. The van der Waals surface area contributed by atoms with E-state index in [1.54, 1.807) is 18.0 Å². The third-order valence-electron chi connectivity index (χ3n) is 3.63. The minimum Gasteiger partial charge on any atom is -0.356 e. The third-order valence-corrected chi connectivity index (χ3v) is 4.63. The smallest absolute Gasteiger partial charge is 0.220 e. The highest BCUT2D eigenvalue weighted by Gasteiger charge is 2.08. The fourth-order valence-electron chi connectivity index (χ4n) is 2.38. The van der Waals surface area contributed by atoms with Crippen molar-refractivity contribution in [3.63, 3.8) is 0 Å². The Morgan fingerprint density at radius 1 is 1.36 bits per heavy atom. The number of pyridine rings is 1. The van der Waals surface area contributed by atoms with Gasteiger partial charge in [0.15, 0.2) is 0 Å². The van der Waals surface area contributed by atoms with Crippen molar-refractivity contribution in [2.24, 2.45) is 0 Å². The van der Waals surface area contributed by atoms with Crippen LogP contribution < -0.4 is 10.6 Å². The number of thioether (sulfide) groups is 1. The molecule has 0 unspecified atom stereocenters. The Labute approximate surface area is 137 Å². The van der Waals surface area contributed by atoms with Gasteiger partial charge in [-0.2, -0.15) is 11.8 Å². The van der Waals surface area contributed by atoms with E-state index in [-0.39, 0.29) is 5.91 Å². The molecule has 1 aromatic rings. The standard InChI is InChI=1S/C16H26N4OS/c21-16(5-13-22-14-15-4-1-2-6-18-15)19-7-3-10-20-11-8-17-9-12-20/h1-2,4,6,17H,3,5,7-14H2,(H,19,21). The second-order valence-electron chi connectivity index (χ2n) is 5.42. The maximum atomic E-state index is 11.7. The van der Waals surface area contributed by atoms with E-state index in [2.05, 4.69) is 20.5 Å². The largest absolute Gasteiger partial charge is 0.356 e. The first-order chi connectivity index (χ1) is 10.8. The van der Waals surface area contributed by atoms with Gasteiger partial charge in [-0.25, -0.2) is 0 Å². The van der Waals surface area contributed by atoms with Gasteiger partial charge in [-0.15, -0.1) is 0 Å². The van der Waals surface area contributed by atoms with Crippen molar-refractivity contribution in [3.05, 3.63) is 30.1 Å². The van der Waals surface area contributed by atoms with Crippen molar-refractivity contribution in [1.29, 1.82) is 0 Å². The lowest BCUT2D eigenvalue weighted by molar-refractivity contribution is -0.120. The monoisotopic (exact) mass is 322 g/mol. The van der Waals surface area contributed by atoms with Gasteiger partial charge in [0.25, 0.3) is 0 Å².